The lowest BCUT2D eigenvalue weighted by molar-refractivity contribution is -0.136. The lowest BCUT2D eigenvalue weighted by atomic mass is 9.98. The molecule has 1 aliphatic rings. The summed E-state index contributed by atoms with van der Waals surface area (Å²) in [5.41, 5.74) is 6.31. The van der Waals surface area contributed by atoms with Crippen LogP contribution in [0.15, 0.2) is 30.3 Å². The minimum absolute atomic E-state index is 0.00428. The molecule has 2 unspecified atom stereocenters. The van der Waals surface area contributed by atoms with Gasteiger partial charge in [-0.1, -0.05) is 30.3 Å². The van der Waals surface area contributed by atoms with Gasteiger partial charge in [-0.05, 0) is 24.8 Å². The molecule has 0 spiro atoms. The molecule has 7 heteroatoms. The minimum atomic E-state index is -0.356. The highest BCUT2D eigenvalue weighted by atomic mass is 16.2. The molecule has 0 radical (unpaired) electrons. The molecule has 1 saturated heterocycles. The van der Waals surface area contributed by atoms with Gasteiger partial charge in [-0.25, -0.2) is 0 Å². The Balaban J connectivity index is 2.02. The Kier molecular flexibility index (Phi) is 8.26. The summed E-state index contributed by atoms with van der Waals surface area (Å²) >= 11 is 0. The number of carbonyl (C=O) groups is 3. The van der Waals surface area contributed by atoms with Crippen molar-refractivity contribution in [3.8, 4) is 0 Å². The lowest BCUT2D eigenvalue weighted by Crippen LogP contribution is -2.50. The van der Waals surface area contributed by atoms with Crippen LogP contribution in [0, 0.1) is 0 Å². The van der Waals surface area contributed by atoms with Crippen molar-refractivity contribution in [3.63, 3.8) is 0 Å². The van der Waals surface area contributed by atoms with Gasteiger partial charge in [0.25, 0.3) is 0 Å². The Hall–Kier alpha value is -2.41. The van der Waals surface area contributed by atoms with Crippen LogP contribution in [0.2, 0.25) is 0 Å². The van der Waals surface area contributed by atoms with E-state index in [0.717, 1.165) is 24.8 Å². The average molecular weight is 374 g/mol. The standard InChI is InChI=1S/C20H30N4O3/c1-15(25)23-18(16-7-3-2-4-8-16)13-20(27)24-12-6-5-9-17(24)14-22-19(26)10-11-21/h2-4,7-8,17-18H,5-6,9-14,21H2,1H3,(H,22,26)(H,23,25). The number of rotatable bonds is 8. The van der Waals surface area contributed by atoms with E-state index in [1.807, 2.05) is 35.2 Å². The van der Waals surface area contributed by atoms with Gasteiger partial charge in [0.05, 0.1) is 12.5 Å². The molecule has 2 atom stereocenters. The highest BCUT2D eigenvalue weighted by Crippen LogP contribution is 2.22. The van der Waals surface area contributed by atoms with Crippen LogP contribution in [0.25, 0.3) is 0 Å². The Morgan fingerprint density at radius 2 is 1.96 bits per heavy atom. The molecule has 1 aromatic carbocycles. The first-order valence-electron chi connectivity index (χ1n) is 9.59. The van der Waals surface area contributed by atoms with Gasteiger partial charge in [-0.2, -0.15) is 0 Å². The van der Waals surface area contributed by atoms with Crippen LogP contribution >= 0.6 is 0 Å². The summed E-state index contributed by atoms with van der Waals surface area (Å²) in [6.45, 7) is 2.89. The molecule has 148 valence electrons. The zero-order valence-corrected chi connectivity index (χ0v) is 15.9. The summed E-state index contributed by atoms with van der Waals surface area (Å²) < 4.78 is 0. The molecule has 2 rings (SSSR count). The van der Waals surface area contributed by atoms with Gasteiger partial charge < -0.3 is 21.3 Å². The van der Waals surface area contributed by atoms with Crippen LogP contribution in [0.5, 0.6) is 0 Å². The minimum Gasteiger partial charge on any atom is -0.354 e. The number of hydrogen-bond donors (Lipinski definition) is 3. The molecule has 7 nitrogen and oxygen atoms in total. The second-order valence-electron chi connectivity index (χ2n) is 6.95. The topological polar surface area (TPSA) is 105 Å². The van der Waals surface area contributed by atoms with E-state index in [1.165, 1.54) is 6.92 Å². The van der Waals surface area contributed by atoms with E-state index in [-0.39, 0.29) is 36.2 Å². The smallest absolute Gasteiger partial charge is 0.225 e. The van der Waals surface area contributed by atoms with Crippen molar-refractivity contribution in [2.45, 2.75) is 51.1 Å². The molecule has 1 aliphatic heterocycles. The summed E-state index contributed by atoms with van der Waals surface area (Å²) in [7, 11) is 0. The Morgan fingerprint density at radius 1 is 1.22 bits per heavy atom. The molecule has 0 aliphatic carbocycles. The summed E-state index contributed by atoms with van der Waals surface area (Å²) in [5.74, 6) is -0.257. The maximum atomic E-state index is 13.0. The third-order valence-corrected chi connectivity index (χ3v) is 4.81. The monoisotopic (exact) mass is 374 g/mol. The number of hydrogen-bond acceptors (Lipinski definition) is 4. The molecule has 1 fully saturated rings. The van der Waals surface area contributed by atoms with Gasteiger partial charge in [0.1, 0.15) is 0 Å². The average Bonchev–Trinajstić information content (AvgIpc) is 2.66. The zero-order chi connectivity index (χ0) is 19.6. The SMILES string of the molecule is CC(=O)NC(CC(=O)N1CCCCC1CNC(=O)CCN)c1ccccc1. The Labute approximate surface area is 160 Å². The van der Waals surface area contributed by atoms with Crippen LogP contribution in [0.4, 0.5) is 0 Å². The van der Waals surface area contributed by atoms with Crippen molar-refractivity contribution in [3.05, 3.63) is 35.9 Å². The van der Waals surface area contributed by atoms with Crippen molar-refractivity contribution in [2.24, 2.45) is 5.73 Å². The predicted octanol–water partition coefficient (Wildman–Crippen LogP) is 1.10. The van der Waals surface area contributed by atoms with Gasteiger partial charge in [-0.3, -0.25) is 14.4 Å². The van der Waals surface area contributed by atoms with Crippen molar-refractivity contribution in [1.82, 2.24) is 15.5 Å². The van der Waals surface area contributed by atoms with Crippen molar-refractivity contribution in [2.75, 3.05) is 19.6 Å². The summed E-state index contributed by atoms with van der Waals surface area (Å²) in [6, 6.07) is 9.15. The summed E-state index contributed by atoms with van der Waals surface area (Å²) in [6.07, 6.45) is 3.35. The van der Waals surface area contributed by atoms with Crippen LogP contribution in [0.3, 0.4) is 0 Å². The zero-order valence-electron chi connectivity index (χ0n) is 15.9. The quantitative estimate of drug-likeness (QED) is 0.634. The molecule has 0 saturated carbocycles. The lowest BCUT2D eigenvalue weighted by Gasteiger charge is -2.37. The van der Waals surface area contributed by atoms with E-state index in [0.29, 0.717) is 26.1 Å². The fourth-order valence-electron chi connectivity index (χ4n) is 3.47. The predicted molar refractivity (Wildman–Crippen MR) is 104 cm³/mol. The van der Waals surface area contributed by atoms with E-state index in [1.54, 1.807) is 0 Å². The number of carbonyl (C=O) groups excluding carboxylic acids is 3. The molecular weight excluding hydrogens is 344 g/mol. The van der Waals surface area contributed by atoms with E-state index >= 15 is 0 Å². The second kappa shape index (κ2) is 10.7. The number of nitrogens with zero attached hydrogens (tertiary/aromatic N) is 1. The van der Waals surface area contributed by atoms with Crippen LogP contribution < -0.4 is 16.4 Å². The molecule has 0 aromatic heterocycles. The van der Waals surface area contributed by atoms with Crippen LogP contribution in [0.1, 0.15) is 50.6 Å². The number of amides is 3. The first-order chi connectivity index (χ1) is 13.0. The normalized spacial score (nSPS) is 17.9. The van der Waals surface area contributed by atoms with Gasteiger partial charge in [0, 0.05) is 39.0 Å². The summed E-state index contributed by atoms with van der Waals surface area (Å²) in [5, 5.41) is 5.75. The van der Waals surface area contributed by atoms with E-state index in [2.05, 4.69) is 10.6 Å². The van der Waals surface area contributed by atoms with Gasteiger partial charge in [0.15, 0.2) is 0 Å². The molecule has 1 heterocycles. The largest absolute Gasteiger partial charge is 0.354 e. The first-order valence-corrected chi connectivity index (χ1v) is 9.59. The summed E-state index contributed by atoms with van der Waals surface area (Å²) in [4.78, 5) is 38.1. The van der Waals surface area contributed by atoms with E-state index < -0.39 is 0 Å². The fourth-order valence-corrected chi connectivity index (χ4v) is 3.47. The number of nitrogens with two attached hydrogens (primary N) is 1. The third-order valence-electron chi connectivity index (χ3n) is 4.81. The van der Waals surface area contributed by atoms with Crippen molar-refractivity contribution in [1.29, 1.82) is 0 Å². The van der Waals surface area contributed by atoms with Crippen LogP contribution in [-0.4, -0.2) is 48.3 Å². The number of nitrogens with one attached hydrogen (secondary N) is 2. The molecular formula is C20H30N4O3. The van der Waals surface area contributed by atoms with E-state index in [9.17, 15) is 14.4 Å². The maximum Gasteiger partial charge on any atom is 0.225 e. The highest BCUT2D eigenvalue weighted by Gasteiger charge is 2.29. The maximum absolute atomic E-state index is 13.0. The number of piperidine rings is 1. The molecule has 27 heavy (non-hydrogen) atoms. The van der Waals surface area contributed by atoms with Crippen LogP contribution in [-0.2, 0) is 14.4 Å². The Bertz CT molecular complexity index is 635. The molecule has 1 aromatic rings. The Morgan fingerprint density at radius 3 is 2.63 bits per heavy atom. The van der Waals surface area contributed by atoms with Gasteiger partial charge >= 0.3 is 0 Å². The molecule has 3 amide bonds. The van der Waals surface area contributed by atoms with Crippen molar-refractivity contribution >= 4 is 17.7 Å². The van der Waals surface area contributed by atoms with Gasteiger partial charge in [0.2, 0.25) is 17.7 Å². The highest BCUT2D eigenvalue weighted by molar-refractivity contribution is 5.80. The molecule has 0 bridgehead atoms. The van der Waals surface area contributed by atoms with Gasteiger partial charge in [-0.15, -0.1) is 0 Å². The second-order valence-corrected chi connectivity index (χ2v) is 6.95. The number of likely N-dealkylation sites (tertiary alicyclic amines) is 1. The third kappa shape index (κ3) is 6.67. The number of benzene rings is 1. The first kappa shape index (κ1) is 20.9. The van der Waals surface area contributed by atoms with Crippen molar-refractivity contribution < 1.29 is 14.4 Å². The van der Waals surface area contributed by atoms with E-state index in [4.69, 9.17) is 5.73 Å². The fraction of sp³-hybridized carbons (Fsp3) is 0.550. The molecule has 4 N–H and O–H groups in total.